The largest absolute Gasteiger partial charge is 0.480 e. The number of halogens is 4. The number of hydrogen-bond acceptors (Lipinski definition) is 2. The molecule has 0 radical (unpaired) electrons. The lowest BCUT2D eigenvalue weighted by Gasteiger charge is -2.21. The smallest absolute Gasteiger partial charge is 0.416 e. The Morgan fingerprint density at radius 2 is 1.95 bits per heavy atom. The van der Waals surface area contributed by atoms with Crippen molar-refractivity contribution in [1.29, 1.82) is 0 Å². The van der Waals surface area contributed by atoms with Crippen LogP contribution in [0.4, 0.5) is 17.6 Å². The molecule has 0 heterocycles. The van der Waals surface area contributed by atoms with E-state index in [1.165, 1.54) is 18.9 Å². The minimum absolute atomic E-state index is 0.0722. The summed E-state index contributed by atoms with van der Waals surface area (Å²) in [6, 6.07) is 1.30. The van der Waals surface area contributed by atoms with Gasteiger partial charge in [-0.05, 0) is 37.7 Å². The molecule has 3 nitrogen and oxygen atoms in total. The SMILES string of the molecule is CC(C(=O)O)N(C)Cc1cc(F)cc(C(F)(F)F)c1. The predicted molar refractivity (Wildman–Crippen MR) is 60.0 cm³/mol. The third kappa shape index (κ3) is 4.20. The zero-order valence-corrected chi connectivity index (χ0v) is 10.3. The van der Waals surface area contributed by atoms with Crippen molar-refractivity contribution in [2.45, 2.75) is 25.7 Å². The third-order valence-electron chi connectivity index (χ3n) is 2.74. The molecule has 0 aromatic heterocycles. The fraction of sp³-hybridized carbons (Fsp3) is 0.417. The maximum absolute atomic E-state index is 13.1. The van der Waals surface area contributed by atoms with E-state index in [4.69, 9.17) is 5.11 Å². The summed E-state index contributed by atoms with van der Waals surface area (Å²) in [4.78, 5) is 12.0. The number of benzene rings is 1. The van der Waals surface area contributed by atoms with E-state index in [0.717, 1.165) is 12.1 Å². The zero-order chi connectivity index (χ0) is 14.8. The van der Waals surface area contributed by atoms with E-state index in [1.54, 1.807) is 0 Å². The van der Waals surface area contributed by atoms with Gasteiger partial charge in [0.05, 0.1) is 5.56 Å². The topological polar surface area (TPSA) is 40.5 Å². The molecule has 0 bridgehead atoms. The van der Waals surface area contributed by atoms with Gasteiger partial charge in [-0.15, -0.1) is 0 Å². The number of likely N-dealkylation sites (N-methyl/N-ethyl adjacent to an activating group) is 1. The lowest BCUT2D eigenvalue weighted by Crippen LogP contribution is -2.35. The Morgan fingerprint density at radius 1 is 1.37 bits per heavy atom. The highest BCUT2D eigenvalue weighted by Crippen LogP contribution is 2.30. The first-order chi connectivity index (χ1) is 8.61. The van der Waals surface area contributed by atoms with E-state index < -0.39 is 29.6 Å². The summed E-state index contributed by atoms with van der Waals surface area (Å²) >= 11 is 0. The van der Waals surface area contributed by atoms with Gasteiger partial charge < -0.3 is 5.11 Å². The van der Waals surface area contributed by atoms with Crippen LogP contribution in [-0.4, -0.2) is 29.1 Å². The highest BCUT2D eigenvalue weighted by molar-refractivity contribution is 5.72. The van der Waals surface area contributed by atoms with E-state index in [1.807, 2.05) is 0 Å². The number of alkyl halides is 3. The standard InChI is InChI=1S/C12H13F4NO2/c1-7(11(18)19)17(2)6-8-3-9(12(14,15)16)5-10(13)4-8/h3-5,7H,6H2,1-2H3,(H,18,19). The van der Waals surface area contributed by atoms with Crippen LogP contribution in [0.15, 0.2) is 18.2 Å². The van der Waals surface area contributed by atoms with Gasteiger partial charge >= 0.3 is 12.1 Å². The van der Waals surface area contributed by atoms with Crippen molar-refractivity contribution < 1.29 is 27.5 Å². The van der Waals surface area contributed by atoms with Gasteiger partial charge in [0.15, 0.2) is 0 Å². The van der Waals surface area contributed by atoms with Crippen LogP contribution < -0.4 is 0 Å². The summed E-state index contributed by atoms with van der Waals surface area (Å²) in [5, 5.41) is 8.77. The molecular formula is C12H13F4NO2. The summed E-state index contributed by atoms with van der Waals surface area (Å²) in [6.07, 6.45) is -4.63. The van der Waals surface area contributed by atoms with Crippen LogP contribution in [0.25, 0.3) is 0 Å². The van der Waals surface area contributed by atoms with Crippen LogP contribution in [-0.2, 0) is 17.5 Å². The fourth-order valence-corrected chi connectivity index (χ4v) is 1.52. The van der Waals surface area contributed by atoms with E-state index in [9.17, 15) is 22.4 Å². The average Bonchev–Trinajstić information content (AvgIpc) is 2.25. The summed E-state index contributed by atoms with van der Waals surface area (Å²) in [5.74, 6) is -2.10. The summed E-state index contributed by atoms with van der Waals surface area (Å²) in [7, 11) is 1.44. The van der Waals surface area contributed by atoms with Gasteiger partial charge in [0.1, 0.15) is 11.9 Å². The summed E-state index contributed by atoms with van der Waals surface area (Å²) in [5.41, 5.74) is -1.01. The minimum atomic E-state index is -4.63. The van der Waals surface area contributed by atoms with Crippen LogP contribution in [0.2, 0.25) is 0 Å². The van der Waals surface area contributed by atoms with Gasteiger partial charge in [0.25, 0.3) is 0 Å². The van der Waals surface area contributed by atoms with Crippen LogP contribution in [0, 0.1) is 5.82 Å². The molecule has 0 aliphatic carbocycles. The quantitative estimate of drug-likeness (QED) is 0.861. The zero-order valence-electron chi connectivity index (χ0n) is 10.3. The number of rotatable bonds is 4. The molecule has 1 unspecified atom stereocenters. The number of hydrogen-bond donors (Lipinski definition) is 1. The molecule has 0 amide bonds. The molecule has 106 valence electrons. The normalized spacial score (nSPS) is 13.6. The van der Waals surface area contributed by atoms with E-state index in [2.05, 4.69) is 0 Å². The number of nitrogens with zero attached hydrogens (tertiary/aromatic N) is 1. The molecule has 0 aliphatic heterocycles. The Kier molecular flexibility index (Phi) is 4.52. The molecule has 0 spiro atoms. The maximum Gasteiger partial charge on any atom is 0.416 e. The van der Waals surface area contributed by atoms with Crippen molar-refractivity contribution in [3.63, 3.8) is 0 Å². The van der Waals surface area contributed by atoms with Gasteiger partial charge in [-0.3, -0.25) is 9.69 Å². The van der Waals surface area contributed by atoms with E-state index in [-0.39, 0.29) is 12.1 Å². The first-order valence-electron chi connectivity index (χ1n) is 5.41. The van der Waals surface area contributed by atoms with Crippen molar-refractivity contribution >= 4 is 5.97 Å². The second-order valence-electron chi connectivity index (χ2n) is 4.28. The summed E-state index contributed by atoms with van der Waals surface area (Å²) < 4.78 is 50.6. The summed E-state index contributed by atoms with van der Waals surface area (Å²) in [6.45, 7) is 1.31. The fourth-order valence-electron chi connectivity index (χ4n) is 1.52. The van der Waals surface area contributed by atoms with Crippen LogP contribution >= 0.6 is 0 Å². The molecule has 19 heavy (non-hydrogen) atoms. The monoisotopic (exact) mass is 279 g/mol. The molecule has 0 fully saturated rings. The minimum Gasteiger partial charge on any atom is -0.480 e. The molecule has 1 aromatic carbocycles. The molecule has 7 heteroatoms. The molecule has 0 aliphatic rings. The number of carboxylic acid groups (broad SMARTS) is 1. The highest BCUT2D eigenvalue weighted by atomic mass is 19.4. The molecule has 0 saturated carbocycles. The van der Waals surface area contributed by atoms with Gasteiger partial charge in [-0.1, -0.05) is 0 Å². The molecule has 1 rings (SSSR count). The van der Waals surface area contributed by atoms with Crippen molar-refractivity contribution in [3.05, 3.63) is 35.1 Å². The first-order valence-corrected chi connectivity index (χ1v) is 5.41. The molecule has 0 saturated heterocycles. The van der Waals surface area contributed by atoms with Crippen LogP contribution in [0.3, 0.4) is 0 Å². The lowest BCUT2D eigenvalue weighted by molar-refractivity contribution is -0.142. The van der Waals surface area contributed by atoms with Crippen molar-refractivity contribution in [2.75, 3.05) is 7.05 Å². The van der Waals surface area contributed by atoms with Crippen LogP contribution in [0.1, 0.15) is 18.1 Å². The Labute approximate surface area is 107 Å². The Bertz CT molecular complexity index is 473. The van der Waals surface area contributed by atoms with E-state index in [0.29, 0.717) is 6.07 Å². The van der Waals surface area contributed by atoms with Gasteiger partial charge in [0, 0.05) is 6.54 Å². The Morgan fingerprint density at radius 3 is 2.42 bits per heavy atom. The Balaban J connectivity index is 2.96. The van der Waals surface area contributed by atoms with Crippen molar-refractivity contribution in [3.8, 4) is 0 Å². The molecular weight excluding hydrogens is 266 g/mol. The molecule has 1 aromatic rings. The lowest BCUT2D eigenvalue weighted by atomic mass is 10.1. The molecule has 1 atom stereocenters. The second kappa shape index (κ2) is 5.56. The average molecular weight is 279 g/mol. The number of aliphatic carboxylic acids is 1. The Hall–Kier alpha value is -1.63. The van der Waals surface area contributed by atoms with Crippen molar-refractivity contribution in [2.24, 2.45) is 0 Å². The third-order valence-corrected chi connectivity index (χ3v) is 2.74. The van der Waals surface area contributed by atoms with Crippen molar-refractivity contribution in [1.82, 2.24) is 4.90 Å². The molecule has 1 N–H and O–H groups in total. The number of carboxylic acids is 1. The first kappa shape index (κ1) is 15.4. The van der Waals surface area contributed by atoms with Gasteiger partial charge in [0.2, 0.25) is 0 Å². The van der Waals surface area contributed by atoms with Gasteiger partial charge in [-0.25, -0.2) is 4.39 Å². The van der Waals surface area contributed by atoms with Crippen LogP contribution in [0.5, 0.6) is 0 Å². The second-order valence-corrected chi connectivity index (χ2v) is 4.28. The maximum atomic E-state index is 13.1. The predicted octanol–water partition coefficient (Wildman–Crippen LogP) is 2.75. The highest BCUT2D eigenvalue weighted by Gasteiger charge is 2.31. The number of carbonyl (C=O) groups is 1. The van der Waals surface area contributed by atoms with Gasteiger partial charge in [-0.2, -0.15) is 13.2 Å². The van der Waals surface area contributed by atoms with E-state index >= 15 is 0 Å².